The fourth-order valence-electron chi connectivity index (χ4n) is 5.34. The average molecular weight is 555 g/mol. The number of fused-ring (bicyclic) bond motifs is 1. The number of anilines is 2. The van der Waals surface area contributed by atoms with Crippen LogP contribution in [0.3, 0.4) is 0 Å². The van der Waals surface area contributed by atoms with Gasteiger partial charge in [-0.3, -0.25) is 0 Å². The van der Waals surface area contributed by atoms with Crippen molar-refractivity contribution in [3.05, 3.63) is 29.5 Å². The fraction of sp³-hybridized carbons (Fsp3) is 0.600. The first-order valence-corrected chi connectivity index (χ1v) is 16.5. The van der Waals surface area contributed by atoms with Gasteiger partial charge in [0.1, 0.15) is 0 Å². The molecule has 0 spiro atoms. The van der Waals surface area contributed by atoms with Crippen molar-refractivity contribution >= 4 is 46.3 Å². The molecule has 3 aliphatic rings. The zero-order valence-electron chi connectivity index (χ0n) is 22.2. The number of aliphatic hydroxyl groups is 1. The van der Waals surface area contributed by atoms with E-state index in [-0.39, 0.29) is 46.7 Å². The maximum absolute atomic E-state index is 13.8. The van der Waals surface area contributed by atoms with Crippen LogP contribution < -0.4 is 15.3 Å². The van der Waals surface area contributed by atoms with Crippen LogP contribution in [0, 0.1) is 11.3 Å². The van der Waals surface area contributed by atoms with Gasteiger partial charge in [0.2, 0.25) is 0 Å². The Kier molecular flexibility index (Phi) is 7.65. The maximum atomic E-state index is 13.8. The number of amides is 1. The van der Waals surface area contributed by atoms with Gasteiger partial charge < -0.3 is 0 Å². The molecule has 1 aromatic carbocycles. The van der Waals surface area contributed by atoms with E-state index in [0.29, 0.717) is 17.5 Å². The van der Waals surface area contributed by atoms with Crippen LogP contribution in [-0.2, 0) is 19.3 Å². The summed E-state index contributed by atoms with van der Waals surface area (Å²) in [6.07, 6.45) is 5.84. The standard InChI is InChI=1S/C25H39N4O6PS/c1-6-35-36(32)19-15-17(28-37(5,33)34)11-12-18(19)26-23(27-36)20-22(30)21(16-9-7-8-10-16)29(24(20)31)14-13-25(2,3)4/h11-12,15-16,21,28,30,32,36H,6-10,13-14H2,1-5H3,(H,26,27)/t21-/m0/s1. The zero-order valence-corrected chi connectivity index (χ0v) is 24.0. The first-order valence-electron chi connectivity index (χ1n) is 12.8. The van der Waals surface area contributed by atoms with Crippen LogP contribution >= 0.6 is 7.87 Å². The van der Waals surface area contributed by atoms with E-state index in [1.165, 1.54) is 6.07 Å². The van der Waals surface area contributed by atoms with Gasteiger partial charge in [-0.05, 0) is 0 Å². The Labute approximate surface area is 219 Å². The predicted octanol–water partition coefficient (Wildman–Crippen LogP) is 3.68. The molecule has 37 heavy (non-hydrogen) atoms. The second-order valence-electron chi connectivity index (χ2n) is 11.3. The van der Waals surface area contributed by atoms with Gasteiger partial charge in [-0.15, -0.1) is 0 Å². The monoisotopic (exact) mass is 554 g/mol. The zero-order chi connectivity index (χ0) is 27.2. The Bertz CT molecular complexity index is 1240. The summed E-state index contributed by atoms with van der Waals surface area (Å²) in [5.41, 5.74) is 0.796. The Morgan fingerprint density at radius 2 is 1.95 bits per heavy atom. The number of aliphatic hydroxyl groups excluding tert-OH is 1. The van der Waals surface area contributed by atoms with Crippen LogP contribution in [0.2, 0.25) is 0 Å². The second-order valence-corrected chi connectivity index (χ2v) is 15.3. The summed E-state index contributed by atoms with van der Waals surface area (Å²) in [5, 5.41) is 14.9. The molecule has 0 aromatic heterocycles. The van der Waals surface area contributed by atoms with Crippen LogP contribution in [0.4, 0.5) is 11.4 Å². The summed E-state index contributed by atoms with van der Waals surface area (Å²) in [6, 6.07) is 4.24. The van der Waals surface area contributed by atoms with Crippen molar-refractivity contribution < 1.29 is 27.7 Å². The minimum atomic E-state index is -4.00. The molecule has 1 amide bonds. The molecule has 10 nitrogen and oxygen atoms in total. The number of hydrogen-bond donors (Lipinski definition) is 4. The molecular formula is C25H39N4O6PS. The van der Waals surface area contributed by atoms with Gasteiger partial charge >= 0.3 is 220 Å². The number of nitrogens with one attached hydrogen (secondary N) is 2. The first kappa shape index (κ1) is 27.8. The van der Waals surface area contributed by atoms with Crippen LogP contribution in [0.25, 0.3) is 0 Å². The summed E-state index contributed by atoms with van der Waals surface area (Å²) in [4.78, 5) is 27.1. The number of carbonyl (C=O) groups is 1. The third-order valence-electron chi connectivity index (χ3n) is 7.07. The number of amidine groups is 1. The molecule has 0 radical (unpaired) electrons. The summed E-state index contributed by atoms with van der Waals surface area (Å²) in [7, 11) is -7.54. The van der Waals surface area contributed by atoms with Gasteiger partial charge in [0.05, 0.1) is 0 Å². The predicted molar refractivity (Wildman–Crippen MR) is 149 cm³/mol. The van der Waals surface area contributed by atoms with Gasteiger partial charge in [-0.2, -0.15) is 0 Å². The molecule has 4 N–H and O–H groups in total. The summed E-state index contributed by atoms with van der Waals surface area (Å²) in [6.45, 7) is 8.76. The summed E-state index contributed by atoms with van der Waals surface area (Å²) < 4.78 is 36.1. The van der Waals surface area contributed by atoms with E-state index in [4.69, 9.17) is 4.52 Å². The number of hydrogen-bond acceptors (Lipinski definition) is 8. The van der Waals surface area contributed by atoms with Crippen LogP contribution in [0.5, 0.6) is 0 Å². The molecular weight excluding hydrogens is 515 g/mol. The normalized spacial score (nSPS) is 23.1. The third-order valence-corrected chi connectivity index (χ3v) is 10.0. The SMILES string of the molecule is CCO[PH]1(O)N=C(C2=C(O)[C@H](C3CCCC3)N(CCC(C)(C)C)C2=O)Nc2ccc(NS(C)(=O)=O)cc21. The van der Waals surface area contributed by atoms with Crippen molar-refractivity contribution in [3.63, 3.8) is 0 Å². The Hall–Kier alpha value is -2.20. The van der Waals surface area contributed by atoms with Crippen LogP contribution in [0.15, 0.2) is 34.3 Å². The average Bonchev–Trinajstić information content (AvgIpc) is 3.37. The Morgan fingerprint density at radius 1 is 1.27 bits per heavy atom. The van der Waals surface area contributed by atoms with E-state index >= 15 is 0 Å². The molecule has 1 saturated carbocycles. The Balaban J connectivity index is 1.75. The molecule has 0 bridgehead atoms. The minimum absolute atomic E-state index is 0.0104. The van der Waals surface area contributed by atoms with Gasteiger partial charge in [0.25, 0.3) is 0 Å². The summed E-state index contributed by atoms with van der Waals surface area (Å²) >= 11 is 0. The van der Waals surface area contributed by atoms with Crippen molar-refractivity contribution in [3.8, 4) is 0 Å². The van der Waals surface area contributed by atoms with Gasteiger partial charge in [0, 0.05) is 0 Å². The van der Waals surface area contributed by atoms with Gasteiger partial charge in [-0.1, -0.05) is 0 Å². The van der Waals surface area contributed by atoms with Gasteiger partial charge in [-0.25, -0.2) is 0 Å². The van der Waals surface area contributed by atoms with E-state index in [0.717, 1.165) is 38.4 Å². The molecule has 0 unspecified atom stereocenters. The van der Waals surface area contributed by atoms with E-state index in [1.807, 2.05) is 0 Å². The first-order chi connectivity index (χ1) is 17.2. The molecule has 1 fully saturated rings. The molecule has 1 atom stereocenters. The Morgan fingerprint density at radius 3 is 2.54 bits per heavy atom. The molecule has 0 saturated heterocycles. The summed E-state index contributed by atoms with van der Waals surface area (Å²) in [5.74, 6) is -0.0616. The molecule has 1 aliphatic carbocycles. The molecule has 4 rings (SSSR count). The van der Waals surface area contributed by atoms with Crippen LogP contribution in [0.1, 0.15) is 59.8 Å². The van der Waals surface area contributed by atoms with E-state index < -0.39 is 23.9 Å². The number of nitrogens with zero attached hydrogens (tertiary/aromatic N) is 2. The number of rotatable bonds is 8. The van der Waals surface area contributed by atoms with E-state index in [1.54, 1.807) is 24.0 Å². The van der Waals surface area contributed by atoms with E-state index in [9.17, 15) is 23.2 Å². The number of carbonyl (C=O) groups excluding carboxylic acids is 1. The molecule has 2 aliphatic heterocycles. The van der Waals surface area contributed by atoms with E-state index in [2.05, 4.69) is 35.6 Å². The second kappa shape index (κ2) is 10.2. The van der Waals surface area contributed by atoms with Crippen molar-refractivity contribution in [2.24, 2.45) is 16.1 Å². The van der Waals surface area contributed by atoms with Crippen molar-refractivity contribution in [2.45, 2.75) is 65.8 Å². The molecule has 12 heteroatoms. The van der Waals surface area contributed by atoms with Gasteiger partial charge in [0.15, 0.2) is 0 Å². The van der Waals surface area contributed by atoms with Crippen LogP contribution in [-0.4, -0.2) is 60.5 Å². The van der Waals surface area contributed by atoms with Crippen molar-refractivity contribution in [1.82, 2.24) is 4.90 Å². The number of sulfonamides is 1. The molecule has 2 heterocycles. The molecule has 206 valence electrons. The topological polar surface area (TPSA) is 141 Å². The number of benzene rings is 1. The fourth-order valence-corrected chi connectivity index (χ4v) is 7.95. The quantitative estimate of drug-likeness (QED) is 0.359. The molecule has 1 aromatic rings. The van der Waals surface area contributed by atoms with Crippen molar-refractivity contribution in [2.75, 3.05) is 29.4 Å². The van der Waals surface area contributed by atoms with Crippen molar-refractivity contribution in [1.29, 1.82) is 0 Å². The third kappa shape index (κ3) is 5.95.